The molecule has 17 heavy (non-hydrogen) atoms. The van der Waals surface area contributed by atoms with Crippen LogP contribution in [0.15, 0.2) is 0 Å². The van der Waals surface area contributed by atoms with E-state index in [-0.39, 0.29) is 18.5 Å². The van der Waals surface area contributed by atoms with Crippen molar-refractivity contribution in [3.63, 3.8) is 0 Å². The molecule has 0 amide bonds. The van der Waals surface area contributed by atoms with E-state index in [0.717, 1.165) is 12.8 Å². The highest BCUT2D eigenvalue weighted by atomic mass is 32.1. The zero-order chi connectivity index (χ0) is 12.6. The van der Waals surface area contributed by atoms with Gasteiger partial charge in [-0.1, -0.05) is 13.8 Å². The largest absolute Gasteiger partial charge is 0.434 e. The summed E-state index contributed by atoms with van der Waals surface area (Å²) in [6.45, 7) is 4.07. The molecule has 0 aromatic carbocycles. The van der Waals surface area contributed by atoms with E-state index in [1.165, 1.54) is 11.3 Å². The molecule has 0 aliphatic heterocycles. The van der Waals surface area contributed by atoms with Gasteiger partial charge in [0.15, 0.2) is 5.69 Å². The molecule has 1 aromatic rings. The Hall–Kier alpha value is -0.620. The Labute approximate surface area is 102 Å². The van der Waals surface area contributed by atoms with Crippen LogP contribution in [0.4, 0.5) is 13.2 Å². The number of hydrogen-bond acceptors (Lipinski definition) is 3. The zero-order valence-electron chi connectivity index (χ0n) is 9.77. The summed E-state index contributed by atoms with van der Waals surface area (Å²) < 4.78 is 38.4. The van der Waals surface area contributed by atoms with Gasteiger partial charge in [0.1, 0.15) is 0 Å². The van der Waals surface area contributed by atoms with Crippen molar-refractivity contribution in [2.45, 2.75) is 51.4 Å². The quantitative estimate of drug-likeness (QED) is 0.899. The lowest BCUT2D eigenvalue weighted by Crippen LogP contribution is -2.23. The van der Waals surface area contributed by atoms with Gasteiger partial charge in [-0.2, -0.15) is 13.2 Å². The second-order valence-electron chi connectivity index (χ2n) is 4.63. The van der Waals surface area contributed by atoms with Crippen molar-refractivity contribution in [1.29, 1.82) is 0 Å². The van der Waals surface area contributed by atoms with Crippen molar-refractivity contribution >= 4 is 11.3 Å². The lowest BCUT2D eigenvalue weighted by molar-refractivity contribution is -0.141. The molecule has 0 saturated heterocycles. The normalized spacial score (nSPS) is 16.8. The van der Waals surface area contributed by atoms with Crippen LogP contribution in [0, 0.1) is 0 Å². The SMILES string of the molecule is CC(C)NCc1sc(C2CC2)nc1C(F)(F)F. The van der Waals surface area contributed by atoms with Crippen LogP contribution in [0.2, 0.25) is 0 Å². The number of nitrogens with one attached hydrogen (secondary N) is 1. The van der Waals surface area contributed by atoms with Crippen LogP contribution in [0.3, 0.4) is 0 Å². The first-order chi connectivity index (χ1) is 7.88. The summed E-state index contributed by atoms with van der Waals surface area (Å²) in [7, 11) is 0. The molecule has 0 unspecified atom stereocenters. The third-order valence-corrected chi connectivity index (χ3v) is 3.80. The van der Waals surface area contributed by atoms with Gasteiger partial charge in [-0.25, -0.2) is 4.98 Å². The number of aromatic nitrogens is 1. The van der Waals surface area contributed by atoms with Crippen molar-refractivity contribution in [2.24, 2.45) is 0 Å². The summed E-state index contributed by atoms with van der Waals surface area (Å²) in [4.78, 5) is 4.09. The van der Waals surface area contributed by atoms with Crippen molar-refractivity contribution in [1.82, 2.24) is 10.3 Å². The summed E-state index contributed by atoms with van der Waals surface area (Å²) in [5.74, 6) is 0.272. The minimum absolute atomic E-state index is 0.169. The highest BCUT2D eigenvalue weighted by Crippen LogP contribution is 2.45. The molecular formula is C11H15F3N2S. The molecule has 0 radical (unpaired) electrons. The molecule has 1 aromatic heterocycles. The molecule has 1 N–H and O–H groups in total. The van der Waals surface area contributed by atoms with Crippen molar-refractivity contribution < 1.29 is 13.2 Å². The number of alkyl halides is 3. The highest BCUT2D eigenvalue weighted by Gasteiger charge is 2.39. The molecule has 0 spiro atoms. The standard InChI is InChI=1S/C11H15F3N2S/c1-6(2)15-5-8-9(11(12,13)14)16-10(17-8)7-3-4-7/h6-7,15H,3-5H2,1-2H3. The number of hydrogen-bond donors (Lipinski definition) is 1. The van der Waals surface area contributed by atoms with Gasteiger partial charge in [0.05, 0.1) is 9.88 Å². The van der Waals surface area contributed by atoms with Gasteiger partial charge >= 0.3 is 6.18 Å². The Morgan fingerprint density at radius 1 is 1.41 bits per heavy atom. The first-order valence-electron chi connectivity index (χ1n) is 5.68. The van der Waals surface area contributed by atoms with Crippen LogP contribution in [0.5, 0.6) is 0 Å². The predicted octanol–water partition coefficient (Wildman–Crippen LogP) is 3.54. The van der Waals surface area contributed by atoms with Crippen molar-refractivity contribution in [3.05, 3.63) is 15.6 Å². The Kier molecular flexibility index (Phi) is 3.45. The number of halogens is 3. The van der Waals surface area contributed by atoms with E-state index in [9.17, 15) is 13.2 Å². The van der Waals surface area contributed by atoms with Crippen molar-refractivity contribution in [3.8, 4) is 0 Å². The third kappa shape index (κ3) is 3.19. The van der Waals surface area contributed by atoms with Crippen LogP contribution in [0.25, 0.3) is 0 Å². The maximum absolute atomic E-state index is 12.8. The lowest BCUT2D eigenvalue weighted by Gasteiger charge is -2.09. The van der Waals surface area contributed by atoms with Gasteiger partial charge in [0.2, 0.25) is 0 Å². The molecule has 1 aliphatic carbocycles. The number of rotatable bonds is 4. The second kappa shape index (κ2) is 4.57. The third-order valence-electron chi connectivity index (χ3n) is 2.58. The Morgan fingerprint density at radius 2 is 2.06 bits per heavy atom. The molecule has 6 heteroatoms. The molecule has 1 aliphatic rings. The summed E-state index contributed by atoms with van der Waals surface area (Å²) >= 11 is 1.21. The van der Waals surface area contributed by atoms with Crippen LogP contribution >= 0.6 is 11.3 Å². The molecular weight excluding hydrogens is 249 g/mol. The molecule has 2 rings (SSSR count). The van der Waals surface area contributed by atoms with Crippen LogP contribution in [-0.4, -0.2) is 11.0 Å². The van der Waals surface area contributed by atoms with Crippen LogP contribution < -0.4 is 5.32 Å². The average Bonchev–Trinajstić information content (AvgIpc) is 2.94. The maximum Gasteiger partial charge on any atom is 0.434 e. The molecule has 1 saturated carbocycles. The van der Waals surface area contributed by atoms with Crippen LogP contribution in [0.1, 0.15) is 48.2 Å². The van der Waals surface area contributed by atoms with Gasteiger partial charge in [0, 0.05) is 18.5 Å². The maximum atomic E-state index is 12.8. The Balaban J connectivity index is 2.21. The summed E-state index contributed by atoms with van der Waals surface area (Å²) in [6, 6.07) is 0.169. The van der Waals surface area contributed by atoms with Crippen LogP contribution in [-0.2, 0) is 12.7 Å². The van der Waals surface area contributed by atoms with E-state index < -0.39 is 11.9 Å². The topological polar surface area (TPSA) is 24.9 Å². The average molecular weight is 264 g/mol. The lowest BCUT2D eigenvalue weighted by atomic mass is 10.3. The summed E-state index contributed by atoms with van der Waals surface area (Å²) in [6.07, 6.45) is -2.39. The van der Waals surface area contributed by atoms with E-state index in [0.29, 0.717) is 9.88 Å². The van der Waals surface area contributed by atoms with E-state index in [1.807, 2.05) is 13.8 Å². The number of nitrogens with zero attached hydrogens (tertiary/aromatic N) is 1. The van der Waals surface area contributed by atoms with E-state index in [1.54, 1.807) is 0 Å². The molecule has 0 atom stereocenters. The fraction of sp³-hybridized carbons (Fsp3) is 0.727. The molecule has 2 nitrogen and oxygen atoms in total. The highest BCUT2D eigenvalue weighted by molar-refractivity contribution is 7.11. The Bertz CT molecular complexity index is 394. The molecule has 1 fully saturated rings. The van der Waals surface area contributed by atoms with Gasteiger partial charge < -0.3 is 5.32 Å². The minimum atomic E-state index is -4.34. The predicted molar refractivity (Wildman–Crippen MR) is 61.1 cm³/mol. The first kappa shape index (κ1) is 12.8. The van der Waals surface area contributed by atoms with Gasteiger partial charge in [-0.05, 0) is 12.8 Å². The Morgan fingerprint density at radius 3 is 2.53 bits per heavy atom. The fourth-order valence-electron chi connectivity index (χ4n) is 1.51. The van der Waals surface area contributed by atoms with E-state index in [2.05, 4.69) is 10.3 Å². The molecule has 96 valence electrons. The first-order valence-corrected chi connectivity index (χ1v) is 6.49. The second-order valence-corrected chi connectivity index (χ2v) is 5.75. The van der Waals surface area contributed by atoms with Gasteiger partial charge in [0.25, 0.3) is 0 Å². The monoisotopic (exact) mass is 264 g/mol. The van der Waals surface area contributed by atoms with Gasteiger partial charge in [-0.15, -0.1) is 11.3 Å². The zero-order valence-corrected chi connectivity index (χ0v) is 10.6. The minimum Gasteiger partial charge on any atom is -0.310 e. The van der Waals surface area contributed by atoms with E-state index in [4.69, 9.17) is 0 Å². The van der Waals surface area contributed by atoms with Gasteiger partial charge in [-0.3, -0.25) is 0 Å². The van der Waals surface area contributed by atoms with Crippen molar-refractivity contribution in [2.75, 3.05) is 0 Å². The smallest absolute Gasteiger partial charge is 0.310 e. The summed E-state index contributed by atoms with van der Waals surface area (Å²) in [5.41, 5.74) is -0.697. The van der Waals surface area contributed by atoms with E-state index >= 15 is 0 Å². The number of thiazole rings is 1. The fourth-order valence-corrected chi connectivity index (χ4v) is 2.72. The molecule has 1 heterocycles. The molecule has 0 bridgehead atoms. The summed E-state index contributed by atoms with van der Waals surface area (Å²) in [5, 5.41) is 3.67.